The third kappa shape index (κ3) is 1.86. The molecule has 0 bridgehead atoms. The second kappa shape index (κ2) is 4.49. The summed E-state index contributed by atoms with van der Waals surface area (Å²) in [6.07, 6.45) is 0.868. The average molecular weight is 232 g/mol. The third-order valence-electron chi connectivity index (χ3n) is 2.38. The number of ether oxygens (including phenoxy) is 1. The fourth-order valence-corrected chi connectivity index (χ4v) is 2.61. The maximum absolute atomic E-state index is 11.0. The molecule has 0 N–H and O–H groups in total. The smallest absolute Gasteiger partial charge is 0.150 e. The van der Waals surface area contributed by atoms with Crippen molar-refractivity contribution in [1.29, 1.82) is 0 Å². The Hall–Kier alpha value is -1.61. The molecular weight excluding hydrogens is 220 g/mol. The van der Waals surface area contributed by atoms with Gasteiger partial charge in [-0.2, -0.15) is 0 Å². The molecule has 0 amide bonds. The molecule has 16 heavy (non-hydrogen) atoms. The number of rotatable bonds is 3. The molecule has 0 radical (unpaired) electrons. The molecule has 0 aliphatic rings. The molecule has 2 rings (SSSR count). The molecule has 0 atom stereocenters. The monoisotopic (exact) mass is 232 g/mol. The highest BCUT2D eigenvalue weighted by Crippen LogP contribution is 2.36. The van der Waals surface area contributed by atoms with Gasteiger partial charge in [0.25, 0.3) is 0 Å². The molecule has 2 aromatic rings. The first-order chi connectivity index (χ1) is 7.76. The molecule has 0 unspecified atom stereocenters. The van der Waals surface area contributed by atoms with Gasteiger partial charge in [0.2, 0.25) is 0 Å². The van der Waals surface area contributed by atoms with Crippen molar-refractivity contribution >= 4 is 17.6 Å². The van der Waals surface area contributed by atoms with Gasteiger partial charge in [0.05, 0.1) is 7.11 Å². The number of aldehydes is 1. The number of hydrogen-bond acceptors (Lipinski definition) is 3. The number of carbonyl (C=O) groups excluding carboxylic acids is 1. The third-order valence-corrected chi connectivity index (χ3v) is 3.45. The molecule has 3 heteroatoms. The summed E-state index contributed by atoms with van der Waals surface area (Å²) in [5, 5.41) is 2.07. The van der Waals surface area contributed by atoms with Crippen LogP contribution in [0.2, 0.25) is 0 Å². The van der Waals surface area contributed by atoms with Crippen molar-refractivity contribution in [2.45, 2.75) is 6.92 Å². The molecule has 1 aromatic heterocycles. The van der Waals surface area contributed by atoms with Gasteiger partial charge in [-0.05, 0) is 30.0 Å². The summed E-state index contributed by atoms with van der Waals surface area (Å²) in [7, 11) is 1.62. The highest BCUT2D eigenvalue weighted by atomic mass is 32.1. The Morgan fingerprint density at radius 2 is 2.19 bits per heavy atom. The number of methoxy groups -OCH3 is 1. The van der Waals surface area contributed by atoms with Gasteiger partial charge in [0.15, 0.2) is 6.29 Å². The zero-order valence-corrected chi connectivity index (χ0v) is 10.0. The lowest BCUT2D eigenvalue weighted by Crippen LogP contribution is -1.91. The zero-order chi connectivity index (χ0) is 11.5. The van der Waals surface area contributed by atoms with E-state index in [1.54, 1.807) is 24.5 Å². The number of hydrogen-bond donors (Lipinski definition) is 0. The van der Waals surface area contributed by atoms with E-state index in [0.29, 0.717) is 5.56 Å². The van der Waals surface area contributed by atoms with Gasteiger partial charge >= 0.3 is 0 Å². The molecular formula is C13H12O2S. The lowest BCUT2D eigenvalue weighted by atomic mass is 10.1. The molecule has 82 valence electrons. The minimum Gasteiger partial charge on any atom is -0.496 e. The van der Waals surface area contributed by atoms with Crippen molar-refractivity contribution in [3.8, 4) is 16.2 Å². The van der Waals surface area contributed by atoms with Crippen LogP contribution in [0.25, 0.3) is 10.4 Å². The van der Waals surface area contributed by atoms with E-state index < -0.39 is 0 Å². The highest BCUT2D eigenvalue weighted by molar-refractivity contribution is 7.13. The van der Waals surface area contributed by atoms with Crippen LogP contribution in [0.15, 0.2) is 29.6 Å². The fraction of sp³-hybridized carbons (Fsp3) is 0.154. The van der Waals surface area contributed by atoms with Crippen LogP contribution in [-0.4, -0.2) is 13.4 Å². The van der Waals surface area contributed by atoms with Crippen molar-refractivity contribution in [2.75, 3.05) is 7.11 Å². The predicted molar refractivity (Wildman–Crippen MR) is 66.4 cm³/mol. The summed E-state index contributed by atoms with van der Waals surface area (Å²) in [4.78, 5) is 12.1. The van der Waals surface area contributed by atoms with Crippen LogP contribution in [0.4, 0.5) is 0 Å². The maximum atomic E-state index is 11.0. The Kier molecular flexibility index (Phi) is 3.06. The van der Waals surface area contributed by atoms with Crippen LogP contribution >= 0.6 is 11.3 Å². The highest BCUT2D eigenvalue weighted by Gasteiger charge is 2.12. The molecule has 0 saturated carbocycles. The summed E-state index contributed by atoms with van der Waals surface area (Å²) in [5.74, 6) is 0.742. The van der Waals surface area contributed by atoms with Gasteiger partial charge in [-0.25, -0.2) is 0 Å². The number of thiophene rings is 1. The van der Waals surface area contributed by atoms with Crippen LogP contribution in [0, 0.1) is 6.92 Å². The Bertz CT molecular complexity index is 514. The summed E-state index contributed by atoms with van der Waals surface area (Å²) in [6, 6.07) is 7.57. The normalized spacial score (nSPS) is 10.1. The van der Waals surface area contributed by atoms with E-state index in [2.05, 4.69) is 11.4 Å². The van der Waals surface area contributed by atoms with Crippen LogP contribution in [0.5, 0.6) is 5.75 Å². The second-order valence-corrected chi connectivity index (χ2v) is 4.44. The Morgan fingerprint density at radius 3 is 2.75 bits per heavy atom. The number of benzene rings is 1. The van der Waals surface area contributed by atoms with E-state index >= 15 is 0 Å². The van der Waals surface area contributed by atoms with Crippen molar-refractivity contribution in [1.82, 2.24) is 0 Å². The van der Waals surface area contributed by atoms with Crippen LogP contribution in [0.3, 0.4) is 0 Å². The number of aryl methyl sites for hydroxylation is 1. The Labute approximate surface area is 98.5 Å². The summed E-state index contributed by atoms with van der Waals surface area (Å²) >= 11 is 1.62. The first-order valence-corrected chi connectivity index (χ1v) is 5.82. The van der Waals surface area contributed by atoms with E-state index in [4.69, 9.17) is 4.74 Å². The Morgan fingerprint density at radius 1 is 1.38 bits per heavy atom. The second-order valence-electron chi connectivity index (χ2n) is 3.53. The van der Waals surface area contributed by atoms with Crippen molar-refractivity contribution in [3.05, 3.63) is 40.8 Å². The van der Waals surface area contributed by atoms with Gasteiger partial charge < -0.3 is 4.74 Å². The molecule has 0 fully saturated rings. The van der Waals surface area contributed by atoms with E-state index in [1.807, 2.05) is 19.1 Å². The van der Waals surface area contributed by atoms with Crippen molar-refractivity contribution in [2.24, 2.45) is 0 Å². The predicted octanol–water partition coefficient (Wildman–Crippen LogP) is 3.54. The van der Waals surface area contributed by atoms with Crippen LogP contribution in [-0.2, 0) is 0 Å². The standard InChI is InChI=1S/C13H12O2S/c1-9-6-12(16-8-9)13-10(7-14)4-3-5-11(13)15-2/h3-8H,1-2H3. The quantitative estimate of drug-likeness (QED) is 0.756. The zero-order valence-electron chi connectivity index (χ0n) is 9.19. The largest absolute Gasteiger partial charge is 0.496 e. The van der Waals surface area contributed by atoms with Gasteiger partial charge in [0, 0.05) is 16.0 Å². The lowest BCUT2D eigenvalue weighted by molar-refractivity contribution is 0.112. The van der Waals surface area contributed by atoms with Crippen LogP contribution in [0.1, 0.15) is 15.9 Å². The molecule has 1 heterocycles. The van der Waals surface area contributed by atoms with E-state index in [9.17, 15) is 4.79 Å². The van der Waals surface area contributed by atoms with Gasteiger partial charge in [0.1, 0.15) is 5.75 Å². The van der Waals surface area contributed by atoms with Crippen molar-refractivity contribution in [3.63, 3.8) is 0 Å². The van der Waals surface area contributed by atoms with Crippen molar-refractivity contribution < 1.29 is 9.53 Å². The summed E-state index contributed by atoms with van der Waals surface area (Å²) in [5.41, 5.74) is 2.75. The van der Waals surface area contributed by atoms with E-state index in [1.165, 1.54) is 5.56 Å². The Balaban J connectivity index is 2.65. The van der Waals surface area contributed by atoms with Gasteiger partial charge in [-0.15, -0.1) is 11.3 Å². The minimum absolute atomic E-state index is 0.668. The molecule has 2 nitrogen and oxygen atoms in total. The first kappa shape index (κ1) is 10.9. The summed E-state index contributed by atoms with van der Waals surface area (Å²) in [6.45, 7) is 2.04. The SMILES string of the molecule is COc1cccc(C=O)c1-c1cc(C)cs1. The van der Waals surface area contributed by atoms with E-state index in [0.717, 1.165) is 22.5 Å². The molecule has 0 aliphatic heterocycles. The topological polar surface area (TPSA) is 26.3 Å². The van der Waals surface area contributed by atoms with E-state index in [-0.39, 0.29) is 0 Å². The van der Waals surface area contributed by atoms with Crippen LogP contribution < -0.4 is 4.74 Å². The fourth-order valence-electron chi connectivity index (χ4n) is 1.64. The molecule has 1 aromatic carbocycles. The first-order valence-electron chi connectivity index (χ1n) is 4.94. The van der Waals surface area contributed by atoms with Gasteiger partial charge in [-0.3, -0.25) is 4.79 Å². The molecule has 0 saturated heterocycles. The van der Waals surface area contributed by atoms with Gasteiger partial charge in [-0.1, -0.05) is 12.1 Å². The lowest BCUT2D eigenvalue weighted by Gasteiger charge is -2.08. The average Bonchev–Trinajstić information content (AvgIpc) is 2.74. The maximum Gasteiger partial charge on any atom is 0.150 e. The number of carbonyl (C=O) groups is 1. The molecule has 0 spiro atoms. The minimum atomic E-state index is 0.668. The molecule has 0 aliphatic carbocycles. The summed E-state index contributed by atoms with van der Waals surface area (Å²) < 4.78 is 5.30.